The van der Waals surface area contributed by atoms with Gasteiger partial charge in [-0.1, -0.05) is 0 Å². The third kappa shape index (κ3) is 96.3. The molecule has 0 aliphatic carbocycles. The molecule has 4 aliphatic heterocycles. The Labute approximate surface area is 85.0 Å². The van der Waals surface area contributed by atoms with Gasteiger partial charge in [0.1, 0.15) is 0 Å². The molecule has 0 atom stereocenters. The summed E-state index contributed by atoms with van der Waals surface area (Å²) < 4.78 is 0. The summed E-state index contributed by atoms with van der Waals surface area (Å²) in [5.74, 6) is 0. The lowest BCUT2D eigenvalue weighted by Gasteiger charge is -1.25. The highest BCUT2D eigenvalue weighted by molar-refractivity contribution is 4.59. The zero-order chi connectivity index (χ0) is 10.5. The van der Waals surface area contributed by atoms with Crippen LogP contribution < -0.4 is 21.3 Å². The van der Waals surface area contributed by atoms with Crippen molar-refractivity contribution in [3.8, 4) is 0 Å². The van der Waals surface area contributed by atoms with E-state index in [1.807, 2.05) is 0 Å². The first-order valence-corrected chi connectivity index (χ1v) is 5.03. The predicted octanol–water partition coefficient (Wildman–Crippen LogP) is -1.62. The summed E-state index contributed by atoms with van der Waals surface area (Å²) in [6, 6.07) is 0. The quantitative estimate of drug-likeness (QED) is 0.160. The minimum atomic E-state index is 1.25. The van der Waals surface area contributed by atoms with E-state index in [0.717, 1.165) is 0 Å². The molecule has 0 amide bonds. The van der Waals surface area contributed by atoms with Gasteiger partial charge in [0, 0.05) is 52.4 Å². The number of rotatable bonds is 0. The summed E-state index contributed by atoms with van der Waals surface area (Å²) in [7, 11) is 0. The highest BCUT2D eigenvalue weighted by Crippen LogP contribution is 1.65. The van der Waals surface area contributed by atoms with Crippen LogP contribution in [0.3, 0.4) is 0 Å². The monoisotopic (exact) mass is 206 g/mol. The molecular weight excluding hydrogens is 184 g/mol. The second-order valence-electron chi connectivity index (χ2n) is 3.00. The fraction of sp³-hybridized carbons (Fsp3) is 1.00. The zero-order valence-corrected chi connectivity index (χ0v) is 8.55. The van der Waals surface area contributed by atoms with Crippen LogP contribution in [-0.2, 0) is 0 Å². The second kappa shape index (κ2) is 12.8. The van der Waals surface area contributed by atoms with Crippen LogP contribution in [0.15, 0.2) is 0 Å². The number of nitrogens with one attached hydrogen (secondary N) is 4. The standard InChI is InChI=1S/4C2H5N.H2O2/c4*1-2-3-1;1-2/h4*3H,1-2H2;1-2H. The van der Waals surface area contributed by atoms with E-state index in [1.165, 1.54) is 52.4 Å². The van der Waals surface area contributed by atoms with Crippen LogP contribution in [0.1, 0.15) is 0 Å². The molecule has 0 aromatic carbocycles. The number of hydrogen-bond donors (Lipinski definition) is 6. The first kappa shape index (κ1) is 13.8. The van der Waals surface area contributed by atoms with Gasteiger partial charge < -0.3 is 21.3 Å². The van der Waals surface area contributed by atoms with Gasteiger partial charge >= 0.3 is 0 Å². The Morgan fingerprint density at radius 3 is 0.500 bits per heavy atom. The molecule has 0 aromatic rings. The van der Waals surface area contributed by atoms with Crippen LogP contribution in [0.4, 0.5) is 0 Å². The average Bonchev–Trinajstić information content (AvgIpc) is 3.10. The third-order valence-electron chi connectivity index (χ3n) is 1.000. The van der Waals surface area contributed by atoms with Crippen LogP contribution in [0.2, 0.25) is 0 Å². The summed E-state index contributed by atoms with van der Waals surface area (Å²) in [6.45, 7) is 10.0. The van der Waals surface area contributed by atoms with E-state index < -0.39 is 0 Å². The molecule has 0 spiro atoms. The van der Waals surface area contributed by atoms with E-state index in [-0.39, 0.29) is 0 Å². The summed E-state index contributed by atoms with van der Waals surface area (Å²) in [6.07, 6.45) is 0. The molecule has 0 saturated carbocycles. The summed E-state index contributed by atoms with van der Waals surface area (Å²) in [5.41, 5.74) is 0. The predicted molar refractivity (Wildman–Crippen MR) is 56.7 cm³/mol. The Balaban J connectivity index is 0.000000153. The Kier molecular flexibility index (Phi) is 12.5. The van der Waals surface area contributed by atoms with Gasteiger partial charge in [-0.05, 0) is 0 Å². The van der Waals surface area contributed by atoms with E-state index in [1.54, 1.807) is 0 Å². The van der Waals surface area contributed by atoms with Crippen molar-refractivity contribution in [1.82, 2.24) is 21.3 Å². The molecule has 6 heteroatoms. The zero-order valence-electron chi connectivity index (χ0n) is 8.55. The van der Waals surface area contributed by atoms with Crippen molar-refractivity contribution >= 4 is 0 Å². The van der Waals surface area contributed by atoms with Gasteiger partial charge in [0.2, 0.25) is 0 Å². The molecule has 4 rings (SSSR count). The van der Waals surface area contributed by atoms with Crippen molar-refractivity contribution in [2.24, 2.45) is 0 Å². The lowest BCUT2D eigenvalue weighted by molar-refractivity contribution is -0.176. The summed E-state index contributed by atoms with van der Waals surface area (Å²) >= 11 is 0. The van der Waals surface area contributed by atoms with Crippen LogP contribution in [0.5, 0.6) is 0 Å². The van der Waals surface area contributed by atoms with Crippen LogP contribution in [0.25, 0.3) is 0 Å². The lowest BCUT2D eigenvalue weighted by atomic mass is 11.0. The molecule has 6 nitrogen and oxygen atoms in total. The van der Waals surface area contributed by atoms with Crippen LogP contribution >= 0.6 is 0 Å². The smallest absolute Gasteiger partial charge is 0.00772 e. The molecule has 4 heterocycles. The average molecular weight is 206 g/mol. The molecular formula is C8H22N4O2. The first-order valence-electron chi connectivity index (χ1n) is 5.03. The number of hydrogen-bond acceptors (Lipinski definition) is 6. The molecule has 4 fully saturated rings. The van der Waals surface area contributed by atoms with Crippen molar-refractivity contribution < 1.29 is 10.5 Å². The summed E-state index contributed by atoms with van der Waals surface area (Å²) in [4.78, 5) is 0. The van der Waals surface area contributed by atoms with E-state index in [9.17, 15) is 0 Å². The van der Waals surface area contributed by atoms with Gasteiger partial charge in [-0.2, -0.15) is 0 Å². The highest BCUT2D eigenvalue weighted by atomic mass is 17.0. The van der Waals surface area contributed by atoms with Crippen molar-refractivity contribution in [2.75, 3.05) is 52.4 Å². The SMILES string of the molecule is C1CN1.C1CN1.C1CN1.C1CN1.OO. The molecule has 86 valence electrons. The van der Waals surface area contributed by atoms with Gasteiger partial charge in [-0.25, -0.2) is 0 Å². The second-order valence-corrected chi connectivity index (χ2v) is 3.00. The first-order chi connectivity index (χ1) is 7.00. The van der Waals surface area contributed by atoms with Gasteiger partial charge in [0.15, 0.2) is 0 Å². The minimum Gasteiger partial charge on any atom is -0.314 e. The van der Waals surface area contributed by atoms with Gasteiger partial charge in [-0.3, -0.25) is 10.5 Å². The molecule has 6 N–H and O–H groups in total. The van der Waals surface area contributed by atoms with E-state index >= 15 is 0 Å². The van der Waals surface area contributed by atoms with Gasteiger partial charge in [0.05, 0.1) is 0 Å². The highest BCUT2D eigenvalue weighted by Gasteiger charge is 1.92. The fourth-order valence-electron chi connectivity index (χ4n) is 0. The van der Waals surface area contributed by atoms with Crippen molar-refractivity contribution in [3.05, 3.63) is 0 Å². The molecule has 14 heavy (non-hydrogen) atoms. The van der Waals surface area contributed by atoms with Crippen molar-refractivity contribution in [3.63, 3.8) is 0 Å². The van der Waals surface area contributed by atoms with Gasteiger partial charge in [-0.15, -0.1) is 0 Å². The van der Waals surface area contributed by atoms with Crippen LogP contribution in [0, 0.1) is 0 Å². The topological polar surface area (TPSA) is 128 Å². The van der Waals surface area contributed by atoms with Crippen LogP contribution in [-0.4, -0.2) is 62.9 Å². The molecule has 4 aliphatic rings. The molecule has 4 saturated heterocycles. The Bertz CT molecular complexity index is 62.3. The van der Waals surface area contributed by atoms with Crippen molar-refractivity contribution in [1.29, 1.82) is 0 Å². The minimum absolute atomic E-state index is 1.25. The maximum Gasteiger partial charge on any atom is 0.00772 e. The lowest BCUT2D eigenvalue weighted by Crippen LogP contribution is -1.56. The molecule has 0 unspecified atom stereocenters. The fourth-order valence-corrected chi connectivity index (χ4v) is 0. The Hall–Kier alpha value is -0.240. The molecule has 0 radical (unpaired) electrons. The Morgan fingerprint density at radius 2 is 0.500 bits per heavy atom. The maximum atomic E-state index is 6.00. The Morgan fingerprint density at radius 1 is 0.429 bits per heavy atom. The largest absolute Gasteiger partial charge is 0.314 e. The van der Waals surface area contributed by atoms with E-state index in [0.29, 0.717) is 0 Å². The summed E-state index contributed by atoms with van der Waals surface area (Å²) in [5, 5.41) is 24.0. The van der Waals surface area contributed by atoms with E-state index in [2.05, 4.69) is 21.3 Å². The van der Waals surface area contributed by atoms with Gasteiger partial charge in [0.25, 0.3) is 0 Å². The third-order valence-corrected chi connectivity index (χ3v) is 1.000. The van der Waals surface area contributed by atoms with E-state index in [4.69, 9.17) is 10.5 Å². The normalized spacial score (nSPS) is 21.0. The molecule has 0 aromatic heterocycles. The molecule has 0 bridgehead atoms. The van der Waals surface area contributed by atoms with Crippen molar-refractivity contribution in [2.45, 2.75) is 0 Å². The maximum absolute atomic E-state index is 6.00.